The molecule has 0 aliphatic carbocycles. The van der Waals surface area contributed by atoms with Crippen molar-refractivity contribution in [3.63, 3.8) is 0 Å². The molecule has 0 aliphatic heterocycles. The molecule has 0 bridgehead atoms. The van der Waals surface area contributed by atoms with E-state index in [2.05, 4.69) is 30.6 Å². The number of halogens is 1. The summed E-state index contributed by atoms with van der Waals surface area (Å²) < 4.78 is 13.5. The third kappa shape index (κ3) is 3.34. The normalized spacial score (nSPS) is 10.7. The van der Waals surface area contributed by atoms with Crippen molar-refractivity contribution in [2.24, 2.45) is 5.73 Å². The van der Waals surface area contributed by atoms with Crippen molar-refractivity contribution >= 4 is 28.7 Å². The number of imidazole rings is 1. The molecule has 23 heavy (non-hydrogen) atoms. The van der Waals surface area contributed by atoms with Crippen molar-refractivity contribution in [1.82, 2.24) is 19.9 Å². The van der Waals surface area contributed by atoms with E-state index in [9.17, 15) is 9.18 Å². The number of benzene rings is 1. The molecule has 0 saturated carbocycles. The van der Waals surface area contributed by atoms with Gasteiger partial charge in [-0.25, -0.2) is 19.3 Å². The van der Waals surface area contributed by atoms with Crippen LogP contribution in [0.5, 0.6) is 0 Å². The fraction of sp³-hybridized carbons (Fsp3) is 0.143. The van der Waals surface area contributed by atoms with Crippen LogP contribution in [-0.2, 0) is 0 Å². The van der Waals surface area contributed by atoms with E-state index in [1.54, 1.807) is 12.3 Å². The summed E-state index contributed by atoms with van der Waals surface area (Å²) in [6, 6.07) is 4.09. The first kappa shape index (κ1) is 14.7. The fourth-order valence-electron chi connectivity index (χ4n) is 2.12. The van der Waals surface area contributed by atoms with Crippen LogP contribution < -0.4 is 16.4 Å². The molecule has 0 fully saturated rings. The largest absolute Gasteiger partial charge is 0.368 e. The van der Waals surface area contributed by atoms with E-state index >= 15 is 0 Å². The molecule has 8 nitrogen and oxygen atoms in total. The van der Waals surface area contributed by atoms with Gasteiger partial charge in [-0.15, -0.1) is 0 Å². The van der Waals surface area contributed by atoms with E-state index < -0.39 is 11.7 Å². The number of carbonyl (C=O) groups is 1. The second kappa shape index (κ2) is 6.26. The van der Waals surface area contributed by atoms with Gasteiger partial charge < -0.3 is 21.4 Å². The number of H-pyrrole nitrogens is 1. The molecule has 1 amide bonds. The number of fused-ring (bicyclic) bond motifs is 1. The van der Waals surface area contributed by atoms with E-state index in [0.29, 0.717) is 35.9 Å². The molecule has 3 aromatic rings. The van der Waals surface area contributed by atoms with Gasteiger partial charge in [-0.1, -0.05) is 0 Å². The SMILES string of the molecule is NC(=O)c1cc(F)cc2[nH]c(NCCNc3ccncn3)nc12. The molecule has 2 heterocycles. The van der Waals surface area contributed by atoms with Crippen molar-refractivity contribution in [3.8, 4) is 0 Å². The monoisotopic (exact) mass is 315 g/mol. The molecule has 0 saturated heterocycles. The summed E-state index contributed by atoms with van der Waals surface area (Å²) in [7, 11) is 0. The molecule has 5 N–H and O–H groups in total. The number of nitrogens with one attached hydrogen (secondary N) is 3. The number of aromatic amines is 1. The first-order chi connectivity index (χ1) is 11.1. The molecule has 2 aromatic heterocycles. The molecule has 118 valence electrons. The van der Waals surface area contributed by atoms with Crippen molar-refractivity contribution < 1.29 is 9.18 Å². The Hall–Kier alpha value is -3.23. The molecular formula is C14H14FN7O. The highest BCUT2D eigenvalue weighted by Crippen LogP contribution is 2.20. The Kier molecular flexibility index (Phi) is 4.00. The smallest absolute Gasteiger partial charge is 0.251 e. The van der Waals surface area contributed by atoms with Crippen LogP contribution in [0.3, 0.4) is 0 Å². The van der Waals surface area contributed by atoms with Gasteiger partial charge in [0.05, 0.1) is 11.1 Å². The maximum atomic E-state index is 13.5. The number of rotatable bonds is 6. The Morgan fingerprint density at radius 1 is 1.30 bits per heavy atom. The molecule has 3 rings (SSSR count). The van der Waals surface area contributed by atoms with Gasteiger partial charge in [0.2, 0.25) is 5.95 Å². The lowest BCUT2D eigenvalue weighted by Gasteiger charge is -2.05. The first-order valence-electron chi connectivity index (χ1n) is 6.86. The predicted octanol–water partition coefficient (Wildman–Crippen LogP) is 1.11. The number of amides is 1. The molecule has 0 spiro atoms. The average Bonchev–Trinajstić information content (AvgIpc) is 2.94. The Labute approximate surface area is 130 Å². The van der Waals surface area contributed by atoms with E-state index in [4.69, 9.17) is 5.73 Å². The number of aromatic nitrogens is 4. The molecule has 0 aliphatic rings. The van der Waals surface area contributed by atoms with Gasteiger partial charge in [0.1, 0.15) is 23.5 Å². The van der Waals surface area contributed by atoms with E-state index in [1.165, 1.54) is 12.4 Å². The van der Waals surface area contributed by atoms with Gasteiger partial charge >= 0.3 is 0 Å². The third-order valence-electron chi connectivity index (χ3n) is 3.12. The second-order valence-corrected chi connectivity index (χ2v) is 4.75. The average molecular weight is 315 g/mol. The van der Waals surface area contributed by atoms with Crippen LogP contribution in [0.15, 0.2) is 30.7 Å². The van der Waals surface area contributed by atoms with Crippen molar-refractivity contribution in [2.75, 3.05) is 23.7 Å². The van der Waals surface area contributed by atoms with Crippen LogP contribution in [0.25, 0.3) is 11.0 Å². The number of anilines is 2. The predicted molar refractivity (Wildman–Crippen MR) is 83.6 cm³/mol. The summed E-state index contributed by atoms with van der Waals surface area (Å²) in [6.07, 6.45) is 3.09. The Morgan fingerprint density at radius 3 is 2.87 bits per heavy atom. The zero-order valence-corrected chi connectivity index (χ0v) is 12.0. The molecule has 9 heteroatoms. The Balaban J connectivity index is 1.67. The van der Waals surface area contributed by atoms with E-state index in [-0.39, 0.29) is 5.56 Å². The number of nitrogens with zero attached hydrogens (tertiary/aromatic N) is 3. The topological polar surface area (TPSA) is 122 Å². The van der Waals surface area contributed by atoms with Crippen LogP contribution >= 0.6 is 0 Å². The van der Waals surface area contributed by atoms with Crippen LogP contribution in [0.2, 0.25) is 0 Å². The second-order valence-electron chi connectivity index (χ2n) is 4.75. The van der Waals surface area contributed by atoms with Gasteiger partial charge in [0.15, 0.2) is 0 Å². The fourth-order valence-corrected chi connectivity index (χ4v) is 2.12. The lowest BCUT2D eigenvalue weighted by molar-refractivity contribution is 0.100. The zero-order chi connectivity index (χ0) is 16.2. The van der Waals surface area contributed by atoms with E-state index in [1.807, 2.05) is 0 Å². The highest BCUT2D eigenvalue weighted by Gasteiger charge is 2.13. The van der Waals surface area contributed by atoms with Crippen molar-refractivity contribution in [1.29, 1.82) is 0 Å². The summed E-state index contributed by atoms with van der Waals surface area (Å²) >= 11 is 0. The molecule has 0 unspecified atom stereocenters. The van der Waals surface area contributed by atoms with E-state index in [0.717, 1.165) is 6.07 Å². The maximum Gasteiger partial charge on any atom is 0.251 e. The summed E-state index contributed by atoms with van der Waals surface area (Å²) in [6.45, 7) is 1.13. The first-order valence-corrected chi connectivity index (χ1v) is 6.86. The van der Waals surface area contributed by atoms with Crippen LogP contribution in [0, 0.1) is 5.82 Å². The van der Waals surface area contributed by atoms with Crippen LogP contribution in [0.1, 0.15) is 10.4 Å². The Bertz CT molecular complexity index is 834. The molecule has 1 aromatic carbocycles. The van der Waals surface area contributed by atoms with Crippen LogP contribution in [0.4, 0.5) is 16.2 Å². The lowest BCUT2D eigenvalue weighted by Crippen LogP contribution is -2.15. The summed E-state index contributed by atoms with van der Waals surface area (Å²) in [5.41, 5.74) is 6.03. The summed E-state index contributed by atoms with van der Waals surface area (Å²) in [4.78, 5) is 26.3. The van der Waals surface area contributed by atoms with Gasteiger partial charge in [-0.2, -0.15) is 0 Å². The minimum atomic E-state index is -0.724. The minimum Gasteiger partial charge on any atom is -0.368 e. The van der Waals surface area contributed by atoms with Crippen molar-refractivity contribution in [3.05, 3.63) is 42.1 Å². The number of carbonyl (C=O) groups excluding carboxylic acids is 1. The molecular weight excluding hydrogens is 301 g/mol. The molecule has 0 radical (unpaired) electrons. The van der Waals surface area contributed by atoms with Gasteiger partial charge in [0, 0.05) is 19.3 Å². The zero-order valence-electron chi connectivity index (χ0n) is 12.0. The van der Waals surface area contributed by atoms with Crippen molar-refractivity contribution in [2.45, 2.75) is 0 Å². The third-order valence-corrected chi connectivity index (χ3v) is 3.12. The van der Waals surface area contributed by atoms with Gasteiger partial charge in [0.25, 0.3) is 5.91 Å². The lowest BCUT2D eigenvalue weighted by atomic mass is 10.1. The van der Waals surface area contributed by atoms with Crippen LogP contribution in [-0.4, -0.2) is 38.9 Å². The standard InChI is InChI=1S/C14H14FN7O/c15-8-5-9(13(16)23)12-10(6-8)21-14(22-12)19-4-3-18-11-1-2-17-7-20-11/h1-2,5-7H,3-4H2,(H2,16,23)(H,17,18,20)(H2,19,21,22). The summed E-state index contributed by atoms with van der Waals surface area (Å²) in [5, 5.41) is 6.14. The van der Waals surface area contributed by atoms with Gasteiger partial charge in [-0.3, -0.25) is 4.79 Å². The Morgan fingerprint density at radius 2 is 2.13 bits per heavy atom. The highest BCUT2D eigenvalue weighted by molar-refractivity contribution is 6.04. The number of primary amides is 1. The van der Waals surface area contributed by atoms with Gasteiger partial charge in [-0.05, 0) is 18.2 Å². The number of hydrogen-bond acceptors (Lipinski definition) is 6. The minimum absolute atomic E-state index is 0.0448. The maximum absolute atomic E-state index is 13.5. The quantitative estimate of drug-likeness (QED) is 0.506. The summed E-state index contributed by atoms with van der Waals surface area (Å²) in [5.74, 6) is -0.132. The number of nitrogens with two attached hydrogens (primary N) is 1. The molecule has 0 atom stereocenters. The number of hydrogen-bond donors (Lipinski definition) is 4. The highest BCUT2D eigenvalue weighted by atomic mass is 19.1.